The van der Waals surface area contributed by atoms with Gasteiger partial charge in [0.2, 0.25) is 0 Å². The second-order valence-electron chi connectivity index (χ2n) is 7.64. The maximum atomic E-state index is 14.2. The van der Waals surface area contributed by atoms with Crippen LogP contribution in [0.1, 0.15) is 68.8 Å². The number of ether oxygens (including phenoxy) is 1. The van der Waals surface area contributed by atoms with Crippen LogP contribution in [-0.4, -0.2) is 23.1 Å². The number of hydrogen-bond acceptors (Lipinski definition) is 3. The fraction of sp³-hybridized carbons (Fsp3) is 0.571. The SMILES string of the molecule is COc1ccc(-c2nc(CNC3CCC3)[nH]c2C2CCCCC2)cc1F. The van der Waals surface area contributed by atoms with Crippen molar-refractivity contribution in [3.8, 4) is 17.0 Å². The van der Waals surface area contributed by atoms with Crippen molar-refractivity contribution in [1.29, 1.82) is 0 Å². The molecule has 2 aromatic rings. The number of imidazole rings is 1. The number of nitrogens with one attached hydrogen (secondary N) is 2. The summed E-state index contributed by atoms with van der Waals surface area (Å²) in [6.45, 7) is 0.753. The van der Waals surface area contributed by atoms with Gasteiger partial charge in [-0.1, -0.05) is 25.7 Å². The molecule has 2 N–H and O–H groups in total. The summed E-state index contributed by atoms with van der Waals surface area (Å²) in [5, 5.41) is 3.57. The van der Waals surface area contributed by atoms with E-state index in [1.165, 1.54) is 64.2 Å². The second kappa shape index (κ2) is 7.78. The minimum atomic E-state index is -0.336. The lowest BCUT2D eigenvalue weighted by molar-refractivity contribution is 0.335. The third-order valence-electron chi connectivity index (χ3n) is 5.88. The Morgan fingerprint density at radius 2 is 1.96 bits per heavy atom. The number of hydrogen-bond donors (Lipinski definition) is 2. The Balaban J connectivity index is 1.63. The van der Waals surface area contributed by atoms with Crippen LogP contribution in [0.5, 0.6) is 5.75 Å². The first-order valence-corrected chi connectivity index (χ1v) is 9.90. The van der Waals surface area contributed by atoms with E-state index >= 15 is 0 Å². The fourth-order valence-corrected chi connectivity index (χ4v) is 4.10. The molecule has 0 bridgehead atoms. The molecule has 1 aromatic carbocycles. The molecule has 5 heteroatoms. The topological polar surface area (TPSA) is 49.9 Å². The standard InChI is InChI=1S/C21H28FN3O/c1-26-18-11-10-15(12-17(18)22)21-20(14-6-3-2-4-7-14)24-19(25-21)13-23-16-8-5-9-16/h10-12,14,16,23H,2-9,13H2,1H3,(H,24,25). The first kappa shape index (κ1) is 17.5. The van der Waals surface area contributed by atoms with Gasteiger partial charge in [-0.3, -0.25) is 0 Å². The number of methoxy groups -OCH3 is 1. The fourth-order valence-electron chi connectivity index (χ4n) is 4.10. The van der Waals surface area contributed by atoms with Crippen LogP contribution in [0.25, 0.3) is 11.3 Å². The molecule has 140 valence electrons. The summed E-state index contributed by atoms with van der Waals surface area (Å²) < 4.78 is 19.3. The van der Waals surface area contributed by atoms with Gasteiger partial charge in [0.25, 0.3) is 0 Å². The Morgan fingerprint density at radius 1 is 1.15 bits per heavy atom. The van der Waals surface area contributed by atoms with E-state index in [2.05, 4.69) is 10.3 Å². The van der Waals surface area contributed by atoms with Crippen molar-refractivity contribution in [1.82, 2.24) is 15.3 Å². The maximum absolute atomic E-state index is 14.2. The highest BCUT2D eigenvalue weighted by Crippen LogP contribution is 2.37. The summed E-state index contributed by atoms with van der Waals surface area (Å²) in [5.41, 5.74) is 2.92. The van der Waals surface area contributed by atoms with E-state index in [0.717, 1.165) is 23.6 Å². The van der Waals surface area contributed by atoms with E-state index in [1.807, 2.05) is 6.07 Å². The van der Waals surface area contributed by atoms with Gasteiger partial charge in [0.15, 0.2) is 11.6 Å². The number of rotatable bonds is 6. The highest BCUT2D eigenvalue weighted by Gasteiger charge is 2.24. The van der Waals surface area contributed by atoms with E-state index in [4.69, 9.17) is 9.72 Å². The average Bonchev–Trinajstić information content (AvgIpc) is 3.05. The molecule has 1 aromatic heterocycles. The van der Waals surface area contributed by atoms with Crippen LogP contribution in [0.4, 0.5) is 4.39 Å². The maximum Gasteiger partial charge on any atom is 0.165 e. The van der Waals surface area contributed by atoms with Crippen LogP contribution in [0.3, 0.4) is 0 Å². The number of H-pyrrole nitrogens is 1. The van der Waals surface area contributed by atoms with Crippen LogP contribution in [0.2, 0.25) is 0 Å². The van der Waals surface area contributed by atoms with Crippen LogP contribution < -0.4 is 10.1 Å². The molecule has 2 saturated carbocycles. The molecule has 0 aliphatic heterocycles. The third kappa shape index (κ3) is 3.63. The zero-order valence-corrected chi connectivity index (χ0v) is 15.5. The second-order valence-corrected chi connectivity index (χ2v) is 7.64. The minimum absolute atomic E-state index is 0.273. The van der Waals surface area contributed by atoms with Gasteiger partial charge >= 0.3 is 0 Å². The molecule has 4 nitrogen and oxygen atoms in total. The van der Waals surface area contributed by atoms with Crippen LogP contribution in [0, 0.1) is 5.82 Å². The summed E-state index contributed by atoms with van der Waals surface area (Å²) in [7, 11) is 1.49. The number of aromatic nitrogens is 2. The molecule has 2 aliphatic rings. The lowest BCUT2D eigenvalue weighted by Crippen LogP contribution is -2.34. The third-order valence-corrected chi connectivity index (χ3v) is 5.88. The number of aromatic amines is 1. The van der Waals surface area contributed by atoms with Crippen LogP contribution >= 0.6 is 0 Å². The molecule has 2 aliphatic carbocycles. The van der Waals surface area contributed by atoms with Gasteiger partial charge in [-0.05, 0) is 43.9 Å². The Bertz CT molecular complexity index is 748. The zero-order chi connectivity index (χ0) is 17.9. The quantitative estimate of drug-likeness (QED) is 0.772. The number of nitrogens with zero attached hydrogens (tertiary/aromatic N) is 1. The first-order chi connectivity index (χ1) is 12.7. The van der Waals surface area contributed by atoms with Gasteiger partial charge in [-0.2, -0.15) is 0 Å². The van der Waals surface area contributed by atoms with E-state index in [9.17, 15) is 4.39 Å². The van der Waals surface area contributed by atoms with Crippen LogP contribution in [-0.2, 0) is 6.54 Å². The van der Waals surface area contributed by atoms with Crippen molar-refractivity contribution in [2.45, 2.75) is 69.9 Å². The first-order valence-electron chi connectivity index (χ1n) is 9.90. The average molecular weight is 357 g/mol. The smallest absolute Gasteiger partial charge is 0.165 e. The number of halogens is 1. The molecule has 0 saturated heterocycles. The number of benzene rings is 1. The zero-order valence-electron chi connectivity index (χ0n) is 15.5. The van der Waals surface area contributed by atoms with Gasteiger partial charge in [-0.15, -0.1) is 0 Å². The molecular formula is C21H28FN3O. The molecule has 0 spiro atoms. The minimum Gasteiger partial charge on any atom is -0.494 e. The largest absolute Gasteiger partial charge is 0.494 e. The van der Waals surface area contributed by atoms with Crippen molar-refractivity contribution in [3.63, 3.8) is 0 Å². The molecule has 0 atom stereocenters. The Morgan fingerprint density at radius 3 is 2.62 bits per heavy atom. The molecule has 0 unspecified atom stereocenters. The van der Waals surface area contributed by atoms with Gasteiger partial charge in [0.05, 0.1) is 19.3 Å². The lowest BCUT2D eigenvalue weighted by Gasteiger charge is -2.26. The van der Waals surface area contributed by atoms with Gasteiger partial charge in [0.1, 0.15) is 5.82 Å². The van der Waals surface area contributed by atoms with E-state index in [1.54, 1.807) is 12.1 Å². The molecule has 0 amide bonds. The Hall–Kier alpha value is -1.88. The van der Waals surface area contributed by atoms with Crippen molar-refractivity contribution in [2.75, 3.05) is 7.11 Å². The Labute approximate surface area is 154 Å². The van der Waals surface area contributed by atoms with Crippen molar-refractivity contribution < 1.29 is 9.13 Å². The molecule has 2 fully saturated rings. The molecule has 26 heavy (non-hydrogen) atoms. The highest BCUT2D eigenvalue weighted by molar-refractivity contribution is 5.64. The monoisotopic (exact) mass is 357 g/mol. The summed E-state index contributed by atoms with van der Waals surface area (Å²) in [6.07, 6.45) is 10.0. The molecule has 4 rings (SSSR count). The van der Waals surface area contributed by atoms with Gasteiger partial charge in [0, 0.05) is 23.2 Å². The summed E-state index contributed by atoms with van der Waals surface area (Å²) in [4.78, 5) is 8.43. The lowest BCUT2D eigenvalue weighted by atomic mass is 9.85. The van der Waals surface area contributed by atoms with Gasteiger partial charge in [-0.25, -0.2) is 9.37 Å². The Kier molecular flexibility index (Phi) is 5.25. The van der Waals surface area contributed by atoms with Crippen molar-refractivity contribution >= 4 is 0 Å². The van der Waals surface area contributed by atoms with Crippen molar-refractivity contribution in [3.05, 3.63) is 35.5 Å². The predicted molar refractivity (Wildman–Crippen MR) is 101 cm³/mol. The predicted octanol–water partition coefficient (Wildman–Crippen LogP) is 4.91. The normalized spacial score (nSPS) is 18.7. The molecule has 0 radical (unpaired) electrons. The molecule has 1 heterocycles. The summed E-state index contributed by atoms with van der Waals surface area (Å²) in [5.74, 6) is 1.39. The van der Waals surface area contributed by atoms with E-state index < -0.39 is 0 Å². The summed E-state index contributed by atoms with van der Waals surface area (Å²) in [6, 6.07) is 5.77. The highest BCUT2D eigenvalue weighted by atomic mass is 19.1. The van der Waals surface area contributed by atoms with Crippen LogP contribution in [0.15, 0.2) is 18.2 Å². The van der Waals surface area contributed by atoms with E-state index in [-0.39, 0.29) is 11.6 Å². The summed E-state index contributed by atoms with van der Waals surface area (Å²) >= 11 is 0. The van der Waals surface area contributed by atoms with Gasteiger partial charge < -0.3 is 15.0 Å². The van der Waals surface area contributed by atoms with E-state index in [0.29, 0.717) is 12.0 Å². The molecular weight excluding hydrogens is 329 g/mol. The van der Waals surface area contributed by atoms with Crippen molar-refractivity contribution in [2.24, 2.45) is 0 Å².